The molecule has 2 N–H and O–H groups in total. The summed E-state index contributed by atoms with van der Waals surface area (Å²) in [7, 11) is 2.03. The smallest absolute Gasteiger partial charge is 0.0653 e. The second-order valence-corrected chi connectivity index (χ2v) is 4.96. The zero-order chi connectivity index (χ0) is 12.4. The van der Waals surface area contributed by atoms with Crippen molar-refractivity contribution in [2.45, 2.75) is 6.92 Å². The highest BCUT2D eigenvalue weighted by atomic mass is 79.9. The Bertz CT molecular complexity index is 537. The molecule has 0 aromatic heterocycles. The number of para-hydroxylation sites is 1. The summed E-state index contributed by atoms with van der Waals surface area (Å²) in [4.78, 5) is 2.11. The number of hydrogen-bond donors (Lipinski definition) is 1. The quantitative estimate of drug-likeness (QED) is 0.844. The monoisotopic (exact) mass is 290 g/mol. The Hall–Kier alpha value is -1.48. The molecular formula is C14H15BrN2. The number of nitrogen functional groups attached to an aromatic ring is 1. The fourth-order valence-electron chi connectivity index (χ4n) is 1.88. The van der Waals surface area contributed by atoms with Gasteiger partial charge in [-0.1, -0.05) is 34.1 Å². The molecule has 0 spiro atoms. The minimum Gasteiger partial charge on any atom is -0.397 e. The zero-order valence-electron chi connectivity index (χ0n) is 9.94. The van der Waals surface area contributed by atoms with E-state index in [0.29, 0.717) is 0 Å². The molecule has 0 saturated carbocycles. The number of nitrogens with two attached hydrogens (primary N) is 1. The molecule has 2 rings (SSSR count). The summed E-state index contributed by atoms with van der Waals surface area (Å²) in [6.45, 7) is 2.10. The van der Waals surface area contributed by atoms with E-state index in [9.17, 15) is 0 Å². The molecule has 0 unspecified atom stereocenters. The number of anilines is 3. The lowest BCUT2D eigenvalue weighted by Gasteiger charge is -2.23. The number of halogens is 1. The predicted molar refractivity (Wildman–Crippen MR) is 77.8 cm³/mol. The Kier molecular flexibility index (Phi) is 3.38. The van der Waals surface area contributed by atoms with Crippen LogP contribution in [0.3, 0.4) is 0 Å². The van der Waals surface area contributed by atoms with Gasteiger partial charge < -0.3 is 10.6 Å². The summed E-state index contributed by atoms with van der Waals surface area (Å²) in [6.07, 6.45) is 0. The van der Waals surface area contributed by atoms with Crippen LogP contribution in [-0.2, 0) is 0 Å². The number of nitrogens with zero attached hydrogens (tertiary/aromatic N) is 1. The van der Waals surface area contributed by atoms with E-state index < -0.39 is 0 Å². The molecule has 0 aliphatic carbocycles. The van der Waals surface area contributed by atoms with Gasteiger partial charge in [0.05, 0.1) is 11.4 Å². The SMILES string of the molecule is Cc1ccccc1N(C)c1cc(Br)ccc1N. The lowest BCUT2D eigenvalue weighted by Crippen LogP contribution is -2.12. The van der Waals surface area contributed by atoms with Crippen molar-refractivity contribution in [2.24, 2.45) is 0 Å². The second-order valence-electron chi connectivity index (χ2n) is 4.05. The number of hydrogen-bond acceptors (Lipinski definition) is 2. The van der Waals surface area contributed by atoms with E-state index >= 15 is 0 Å². The number of rotatable bonds is 2. The van der Waals surface area contributed by atoms with E-state index in [-0.39, 0.29) is 0 Å². The number of benzene rings is 2. The minimum absolute atomic E-state index is 0.777. The molecule has 0 aliphatic rings. The summed E-state index contributed by atoms with van der Waals surface area (Å²) in [5, 5.41) is 0. The van der Waals surface area contributed by atoms with Crippen LogP contribution in [0, 0.1) is 6.92 Å². The molecule has 3 heteroatoms. The number of aryl methyl sites for hydroxylation is 1. The highest BCUT2D eigenvalue weighted by molar-refractivity contribution is 9.10. The Labute approximate surface area is 110 Å². The molecule has 0 bridgehead atoms. The first-order valence-corrected chi connectivity index (χ1v) is 6.23. The van der Waals surface area contributed by atoms with Crippen molar-refractivity contribution in [1.29, 1.82) is 0 Å². The fraction of sp³-hybridized carbons (Fsp3) is 0.143. The topological polar surface area (TPSA) is 29.3 Å². The van der Waals surface area contributed by atoms with Gasteiger partial charge in [-0.2, -0.15) is 0 Å². The van der Waals surface area contributed by atoms with Crippen molar-refractivity contribution in [1.82, 2.24) is 0 Å². The van der Waals surface area contributed by atoms with Gasteiger partial charge in [-0.15, -0.1) is 0 Å². The molecule has 0 radical (unpaired) electrons. The van der Waals surface area contributed by atoms with Crippen molar-refractivity contribution in [3.05, 3.63) is 52.5 Å². The average molecular weight is 291 g/mol. The van der Waals surface area contributed by atoms with Gasteiger partial charge in [0.1, 0.15) is 0 Å². The summed E-state index contributed by atoms with van der Waals surface area (Å²) in [5.41, 5.74) is 10.2. The van der Waals surface area contributed by atoms with Crippen molar-refractivity contribution in [2.75, 3.05) is 17.7 Å². The third-order valence-corrected chi connectivity index (χ3v) is 3.32. The standard InChI is InChI=1S/C14H15BrN2/c1-10-5-3-4-6-13(10)17(2)14-9-11(15)7-8-12(14)16/h3-9H,16H2,1-2H3. The van der Waals surface area contributed by atoms with Gasteiger partial charge in [-0.3, -0.25) is 0 Å². The Morgan fingerprint density at radius 1 is 1.06 bits per heavy atom. The first-order chi connectivity index (χ1) is 8.09. The normalized spacial score (nSPS) is 10.3. The van der Waals surface area contributed by atoms with E-state index in [4.69, 9.17) is 5.73 Å². The van der Waals surface area contributed by atoms with Crippen LogP contribution in [0.1, 0.15) is 5.56 Å². The maximum absolute atomic E-state index is 6.02. The van der Waals surface area contributed by atoms with Crippen LogP contribution in [0.25, 0.3) is 0 Å². The van der Waals surface area contributed by atoms with E-state index in [1.165, 1.54) is 5.56 Å². The molecule has 0 atom stereocenters. The minimum atomic E-state index is 0.777. The summed E-state index contributed by atoms with van der Waals surface area (Å²) in [6, 6.07) is 14.2. The third-order valence-electron chi connectivity index (χ3n) is 2.83. The first-order valence-electron chi connectivity index (χ1n) is 5.44. The van der Waals surface area contributed by atoms with Crippen molar-refractivity contribution < 1.29 is 0 Å². The summed E-state index contributed by atoms with van der Waals surface area (Å²) < 4.78 is 1.03. The second kappa shape index (κ2) is 4.80. The maximum Gasteiger partial charge on any atom is 0.0653 e. The van der Waals surface area contributed by atoms with Crippen molar-refractivity contribution >= 4 is 33.0 Å². The lowest BCUT2D eigenvalue weighted by atomic mass is 10.1. The van der Waals surface area contributed by atoms with Gasteiger partial charge in [0.25, 0.3) is 0 Å². The van der Waals surface area contributed by atoms with Gasteiger partial charge >= 0.3 is 0 Å². The highest BCUT2D eigenvalue weighted by Gasteiger charge is 2.09. The average Bonchev–Trinajstić information content (AvgIpc) is 2.32. The molecule has 0 aliphatic heterocycles. The van der Waals surface area contributed by atoms with E-state index in [1.54, 1.807) is 0 Å². The van der Waals surface area contributed by atoms with Crippen molar-refractivity contribution in [3.63, 3.8) is 0 Å². The van der Waals surface area contributed by atoms with Crippen LogP contribution in [0.4, 0.5) is 17.1 Å². The molecule has 2 aromatic rings. The fourth-order valence-corrected chi connectivity index (χ4v) is 2.23. The maximum atomic E-state index is 6.02. The van der Waals surface area contributed by atoms with Crippen LogP contribution < -0.4 is 10.6 Å². The predicted octanol–water partition coefficient (Wildman–Crippen LogP) is 4.11. The summed E-state index contributed by atoms with van der Waals surface area (Å²) in [5.74, 6) is 0. The molecule has 17 heavy (non-hydrogen) atoms. The molecular weight excluding hydrogens is 276 g/mol. The molecule has 0 fully saturated rings. The van der Waals surface area contributed by atoms with E-state index in [1.807, 2.05) is 37.4 Å². The van der Waals surface area contributed by atoms with Crippen LogP contribution >= 0.6 is 15.9 Å². The molecule has 2 aromatic carbocycles. The van der Waals surface area contributed by atoms with Crippen LogP contribution in [0.2, 0.25) is 0 Å². The van der Waals surface area contributed by atoms with E-state index in [0.717, 1.165) is 21.5 Å². The lowest BCUT2D eigenvalue weighted by molar-refractivity contribution is 1.19. The van der Waals surface area contributed by atoms with Gasteiger partial charge in [-0.25, -0.2) is 0 Å². The van der Waals surface area contributed by atoms with Gasteiger partial charge in [-0.05, 0) is 36.8 Å². The molecule has 0 heterocycles. The van der Waals surface area contributed by atoms with Gasteiger partial charge in [0.2, 0.25) is 0 Å². The van der Waals surface area contributed by atoms with Crippen LogP contribution in [0.15, 0.2) is 46.9 Å². The summed E-state index contributed by atoms with van der Waals surface area (Å²) >= 11 is 3.47. The Balaban J connectivity index is 2.47. The molecule has 0 amide bonds. The molecule has 2 nitrogen and oxygen atoms in total. The largest absolute Gasteiger partial charge is 0.397 e. The Morgan fingerprint density at radius 3 is 2.47 bits per heavy atom. The van der Waals surface area contributed by atoms with Crippen LogP contribution in [0.5, 0.6) is 0 Å². The first kappa shape index (κ1) is 12.0. The zero-order valence-corrected chi connectivity index (χ0v) is 11.5. The third kappa shape index (κ3) is 2.44. The molecule has 88 valence electrons. The van der Waals surface area contributed by atoms with Crippen molar-refractivity contribution in [3.8, 4) is 0 Å². The van der Waals surface area contributed by atoms with Gasteiger partial charge in [0, 0.05) is 17.2 Å². The molecule has 0 saturated heterocycles. The Morgan fingerprint density at radius 2 is 1.76 bits per heavy atom. The van der Waals surface area contributed by atoms with Gasteiger partial charge in [0.15, 0.2) is 0 Å². The highest BCUT2D eigenvalue weighted by Crippen LogP contribution is 2.32. The van der Waals surface area contributed by atoms with E-state index in [2.05, 4.69) is 39.9 Å². The van der Waals surface area contributed by atoms with Crippen LogP contribution in [-0.4, -0.2) is 7.05 Å².